The van der Waals surface area contributed by atoms with Crippen molar-refractivity contribution < 1.29 is 19.1 Å². The van der Waals surface area contributed by atoms with E-state index in [0.29, 0.717) is 38.1 Å². The first kappa shape index (κ1) is 35.6. The molecule has 0 aliphatic rings. The summed E-state index contributed by atoms with van der Waals surface area (Å²) < 4.78 is 5.46. The van der Waals surface area contributed by atoms with Gasteiger partial charge in [-0.05, 0) is 43.7 Å². The summed E-state index contributed by atoms with van der Waals surface area (Å²) in [6.07, 6.45) is 3.58. The number of carbonyl (C=O) groups is 3. The van der Waals surface area contributed by atoms with Crippen LogP contribution in [0.15, 0.2) is 77.8 Å². The molecule has 0 aliphatic heterocycles. The number of hydrogen-bond donors (Lipinski definition) is 3. The van der Waals surface area contributed by atoms with Crippen LogP contribution in [0.1, 0.15) is 66.2 Å². The van der Waals surface area contributed by atoms with Crippen LogP contribution in [0.4, 0.5) is 9.59 Å². The fourth-order valence-electron chi connectivity index (χ4n) is 4.97. The zero-order valence-electron chi connectivity index (χ0n) is 27.3. The summed E-state index contributed by atoms with van der Waals surface area (Å²) in [4.78, 5) is 50.2. The average Bonchev–Trinajstić information content (AvgIpc) is 3.76. The summed E-state index contributed by atoms with van der Waals surface area (Å²) in [5.74, 6) is 0.0489. The second-order valence-electron chi connectivity index (χ2n) is 11.9. The van der Waals surface area contributed by atoms with E-state index >= 15 is 0 Å². The number of thiazole rings is 2. The van der Waals surface area contributed by atoms with E-state index in [9.17, 15) is 14.4 Å². The maximum Gasteiger partial charge on any atom is 0.407 e. The number of hydrogen-bond acceptors (Lipinski definition) is 8. The van der Waals surface area contributed by atoms with Gasteiger partial charge in [-0.15, -0.1) is 22.7 Å². The second-order valence-corrected chi connectivity index (χ2v) is 13.8. The Kier molecular flexibility index (Phi) is 13.7. The highest BCUT2D eigenvalue weighted by Gasteiger charge is 2.23. The number of nitrogens with zero attached hydrogens (tertiary/aromatic N) is 3. The largest absolute Gasteiger partial charge is 0.444 e. The molecule has 0 saturated carbocycles. The van der Waals surface area contributed by atoms with Crippen LogP contribution < -0.4 is 16.0 Å². The minimum atomic E-state index is -0.759. The van der Waals surface area contributed by atoms with Gasteiger partial charge in [-0.25, -0.2) is 14.6 Å². The van der Waals surface area contributed by atoms with E-state index in [-0.39, 0.29) is 30.6 Å². The third-order valence-electron chi connectivity index (χ3n) is 7.55. The molecular weight excluding hydrogens is 633 g/mol. The second kappa shape index (κ2) is 18.2. The van der Waals surface area contributed by atoms with Crippen molar-refractivity contribution in [1.29, 1.82) is 0 Å². The number of rotatable bonds is 16. The fourth-order valence-corrected chi connectivity index (χ4v) is 6.30. The molecule has 10 nitrogen and oxygen atoms in total. The van der Waals surface area contributed by atoms with Gasteiger partial charge in [0.25, 0.3) is 0 Å². The van der Waals surface area contributed by atoms with Crippen molar-refractivity contribution in [3.63, 3.8) is 0 Å². The maximum absolute atomic E-state index is 13.4. The summed E-state index contributed by atoms with van der Waals surface area (Å²) in [5.41, 5.74) is 4.69. The van der Waals surface area contributed by atoms with Crippen LogP contribution in [0.5, 0.6) is 0 Å². The molecule has 0 saturated heterocycles. The highest BCUT2D eigenvalue weighted by atomic mass is 32.1. The molecule has 4 aromatic rings. The molecule has 4 amide bonds. The highest BCUT2D eigenvalue weighted by molar-refractivity contribution is 7.09. The number of nitrogens with one attached hydrogen (secondary N) is 3. The van der Waals surface area contributed by atoms with E-state index in [1.807, 2.05) is 66.0 Å². The number of carbonyl (C=O) groups excluding carboxylic acids is 3. The predicted octanol–water partition coefficient (Wildman–Crippen LogP) is 6.30. The SMILES string of the molecule is CC(NC(=O)N(C)Cc1csc(C(C)C)n1)C(=O)NC(CCC(Cc1ccccc1)NC(=O)OCc1cncs1)Cc1ccccc1. The van der Waals surface area contributed by atoms with Crippen LogP contribution in [0.25, 0.3) is 0 Å². The first-order valence-electron chi connectivity index (χ1n) is 15.8. The van der Waals surface area contributed by atoms with Crippen LogP contribution in [0.3, 0.4) is 0 Å². The first-order chi connectivity index (χ1) is 22.7. The lowest BCUT2D eigenvalue weighted by molar-refractivity contribution is -0.123. The third kappa shape index (κ3) is 12.1. The highest BCUT2D eigenvalue weighted by Crippen LogP contribution is 2.20. The van der Waals surface area contributed by atoms with Crippen molar-refractivity contribution in [3.05, 3.63) is 104 Å². The van der Waals surface area contributed by atoms with Crippen LogP contribution in [-0.2, 0) is 35.5 Å². The van der Waals surface area contributed by atoms with E-state index in [1.54, 1.807) is 37.0 Å². The molecule has 2 aromatic heterocycles. The Hall–Kier alpha value is -4.29. The number of alkyl carbamates (subject to hydrolysis) is 1. The summed E-state index contributed by atoms with van der Waals surface area (Å²) in [6, 6.07) is 18.3. The molecule has 47 heavy (non-hydrogen) atoms. The number of benzene rings is 2. The molecule has 3 atom stereocenters. The minimum Gasteiger partial charge on any atom is -0.444 e. The number of aromatic nitrogens is 2. The number of ether oxygens (including phenoxy) is 1. The van der Waals surface area contributed by atoms with Crippen molar-refractivity contribution in [3.8, 4) is 0 Å². The van der Waals surface area contributed by atoms with Gasteiger partial charge in [-0.2, -0.15) is 0 Å². The Morgan fingerprint density at radius 2 is 1.47 bits per heavy atom. The average molecular weight is 677 g/mol. The standard InChI is InChI=1S/C35H44N6O4S2/c1-24(2)33-39-30(22-46-33)20-41(4)34(43)37-25(3)32(42)38-28(17-26-11-7-5-8-12-26)15-16-29(18-27-13-9-6-10-14-27)40-35(44)45-21-31-19-36-23-47-31/h5-14,19,22-25,28-29H,15-18,20-21H2,1-4H3,(H,37,43)(H,38,42)(H,40,44). The zero-order chi connectivity index (χ0) is 33.6. The molecule has 3 unspecified atom stereocenters. The molecule has 0 aliphatic carbocycles. The van der Waals surface area contributed by atoms with Crippen molar-refractivity contribution in [2.45, 2.75) is 83.6 Å². The monoisotopic (exact) mass is 676 g/mol. The van der Waals surface area contributed by atoms with E-state index in [1.165, 1.54) is 16.2 Å². The van der Waals surface area contributed by atoms with Gasteiger partial charge in [0.15, 0.2) is 0 Å². The summed E-state index contributed by atoms with van der Waals surface area (Å²) in [5, 5.41) is 12.0. The van der Waals surface area contributed by atoms with Crippen molar-refractivity contribution in [2.24, 2.45) is 0 Å². The lowest BCUT2D eigenvalue weighted by atomic mass is 9.96. The van der Waals surface area contributed by atoms with Crippen molar-refractivity contribution >= 4 is 40.7 Å². The Balaban J connectivity index is 1.37. The number of urea groups is 1. The Morgan fingerprint density at radius 3 is 2.02 bits per heavy atom. The van der Waals surface area contributed by atoms with Gasteiger partial charge in [0.05, 0.1) is 27.6 Å². The van der Waals surface area contributed by atoms with E-state index in [0.717, 1.165) is 26.7 Å². The summed E-state index contributed by atoms with van der Waals surface area (Å²) >= 11 is 3.01. The minimum absolute atomic E-state index is 0.156. The summed E-state index contributed by atoms with van der Waals surface area (Å²) in [6.45, 7) is 6.36. The Labute approximate surface area is 285 Å². The van der Waals surface area contributed by atoms with Crippen LogP contribution in [0, 0.1) is 0 Å². The Morgan fingerprint density at radius 1 is 0.851 bits per heavy atom. The predicted molar refractivity (Wildman–Crippen MR) is 186 cm³/mol. The van der Waals surface area contributed by atoms with Crippen LogP contribution in [-0.4, -0.2) is 58.1 Å². The fraction of sp³-hybridized carbons (Fsp3) is 0.400. The summed E-state index contributed by atoms with van der Waals surface area (Å²) in [7, 11) is 1.69. The molecule has 0 fully saturated rings. The van der Waals surface area contributed by atoms with Gasteiger partial charge >= 0.3 is 12.1 Å². The normalized spacial score (nSPS) is 13.0. The van der Waals surface area contributed by atoms with E-state index in [4.69, 9.17) is 4.74 Å². The van der Waals surface area contributed by atoms with Crippen molar-refractivity contribution in [1.82, 2.24) is 30.8 Å². The van der Waals surface area contributed by atoms with Gasteiger partial charge in [0.1, 0.15) is 12.6 Å². The van der Waals surface area contributed by atoms with Crippen LogP contribution >= 0.6 is 22.7 Å². The topological polar surface area (TPSA) is 126 Å². The lowest BCUT2D eigenvalue weighted by Crippen LogP contribution is -2.51. The lowest BCUT2D eigenvalue weighted by Gasteiger charge is -2.26. The molecule has 2 aromatic carbocycles. The zero-order valence-corrected chi connectivity index (χ0v) is 29.0. The van der Waals surface area contributed by atoms with Gasteiger partial charge in [0.2, 0.25) is 5.91 Å². The van der Waals surface area contributed by atoms with Gasteiger partial charge < -0.3 is 25.6 Å². The van der Waals surface area contributed by atoms with Gasteiger partial charge in [0, 0.05) is 36.6 Å². The maximum atomic E-state index is 13.4. The van der Waals surface area contributed by atoms with Crippen molar-refractivity contribution in [2.75, 3.05) is 7.05 Å². The number of amides is 4. The quantitative estimate of drug-likeness (QED) is 0.128. The Bertz CT molecular complexity index is 1530. The molecule has 0 radical (unpaired) electrons. The molecule has 12 heteroatoms. The molecule has 0 bridgehead atoms. The molecule has 250 valence electrons. The first-order valence-corrected chi connectivity index (χ1v) is 17.6. The van der Waals surface area contributed by atoms with Gasteiger partial charge in [-0.3, -0.25) is 9.78 Å². The molecular formula is C35H44N6O4S2. The molecule has 2 heterocycles. The smallest absolute Gasteiger partial charge is 0.407 e. The van der Waals surface area contributed by atoms with Crippen LogP contribution in [0.2, 0.25) is 0 Å². The van der Waals surface area contributed by atoms with E-state index < -0.39 is 12.1 Å². The molecule has 4 rings (SSSR count). The molecule has 3 N–H and O–H groups in total. The molecule has 0 spiro atoms. The van der Waals surface area contributed by atoms with Gasteiger partial charge in [-0.1, -0.05) is 74.5 Å². The van der Waals surface area contributed by atoms with E-state index in [2.05, 4.69) is 39.8 Å². The third-order valence-corrected chi connectivity index (χ3v) is 9.50.